The molecule has 1 aliphatic rings. The van der Waals surface area contributed by atoms with Crippen molar-refractivity contribution >= 4 is 0 Å². The fraction of sp³-hybridized carbons (Fsp3) is 1.00. The van der Waals surface area contributed by atoms with Gasteiger partial charge in [0.1, 0.15) is 6.10 Å². The molecule has 13 heavy (non-hydrogen) atoms. The summed E-state index contributed by atoms with van der Waals surface area (Å²) in [6.07, 6.45) is -1.15. The van der Waals surface area contributed by atoms with Crippen LogP contribution in [0.5, 0.6) is 0 Å². The van der Waals surface area contributed by atoms with Gasteiger partial charge in [-0.2, -0.15) is 0 Å². The summed E-state index contributed by atoms with van der Waals surface area (Å²) in [5.41, 5.74) is 0. The van der Waals surface area contributed by atoms with Gasteiger partial charge in [0.05, 0.1) is 12.2 Å². The van der Waals surface area contributed by atoms with Crippen LogP contribution in [-0.4, -0.2) is 43.9 Å². The van der Waals surface area contributed by atoms with Crippen LogP contribution in [-0.2, 0) is 14.2 Å². The Labute approximate surface area is 78.8 Å². The van der Waals surface area contributed by atoms with Gasteiger partial charge in [0.15, 0.2) is 6.29 Å². The lowest BCUT2D eigenvalue weighted by molar-refractivity contribution is -0.166. The molecule has 4 nitrogen and oxygen atoms in total. The van der Waals surface area contributed by atoms with Gasteiger partial charge in [-0.25, -0.2) is 0 Å². The maximum atomic E-state index is 9.41. The van der Waals surface area contributed by atoms with Gasteiger partial charge < -0.3 is 19.3 Å². The highest BCUT2D eigenvalue weighted by Crippen LogP contribution is 2.30. The monoisotopic (exact) mass is 190 g/mol. The van der Waals surface area contributed by atoms with Crippen molar-refractivity contribution in [3.63, 3.8) is 0 Å². The third-order valence-electron chi connectivity index (χ3n) is 2.58. The second-order valence-electron chi connectivity index (χ2n) is 3.50. The number of aliphatic hydroxyl groups is 1. The van der Waals surface area contributed by atoms with E-state index in [9.17, 15) is 5.11 Å². The molecule has 1 saturated heterocycles. The van der Waals surface area contributed by atoms with Crippen LogP contribution in [0.3, 0.4) is 0 Å². The number of rotatable bonds is 3. The van der Waals surface area contributed by atoms with Crippen molar-refractivity contribution in [2.24, 2.45) is 5.92 Å². The Kier molecular flexibility index (Phi) is 3.67. The lowest BCUT2D eigenvalue weighted by Crippen LogP contribution is -2.31. The quantitative estimate of drug-likeness (QED) is 0.699. The van der Waals surface area contributed by atoms with Crippen molar-refractivity contribution < 1.29 is 19.3 Å². The summed E-state index contributed by atoms with van der Waals surface area (Å²) < 4.78 is 15.8. The van der Waals surface area contributed by atoms with Gasteiger partial charge in [-0.1, -0.05) is 6.92 Å². The van der Waals surface area contributed by atoms with Crippen LogP contribution in [0.2, 0.25) is 0 Å². The number of aliphatic hydroxyl groups excluding tert-OH is 1. The fourth-order valence-electron chi connectivity index (χ4n) is 1.86. The van der Waals surface area contributed by atoms with Crippen LogP contribution < -0.4 is 0 Å². The highest BCUT2D eigenvalue weighted by Gasteiger charge is 2.44. The van der Waals surface area contributed by atoms with Crippen molar-refractivity contribution in [1.29, 1.82) is 0 Å². The zero-order valence-electron chi connectivity index (χ0n) is 8.56. The smallest absolute Gasteiger partial charge is 0.184 e. The van der Waals surface area contributed by atoms with E-state index in [0.717, 1.165) is 0 Å². The largest absolute Gasteiger partial charge is 0.391 e. The Hall–Kier alpha value is -0.160. The van der Waals surface area contributed by atoms with Crippen LogP contribution >= 0.6 is 0 Å². The topological polar surface area (TPSA) is 47.9 Å². The molecule has 4 heteroatoms. The average molecular weight is 190 g/mol. The Morgan fingerprint density at radius 1 is 1.31 bits per heavy atom. The average Bonchev–Trinajstić information content (AvgIpc) is 2.41. The maximum absolute atomic E-state index is 9.41. The fourth-order valence-corrected chi connectivity index (χ4v) is 1.86. The van der Waals surface area contributed by atoms with E-state index in [-0.39, 0.29) is 24.4 Å². The van der Waals surface area contributed by atoms with E-state index < -0.39 is 6.10 Å². The summed E-state index contributed by atoms with van der Waals surface area (Å²) in [5.74, 6) is 0.148. The molecule has 0 spiro atoms. The van der Waals surface area contributed by atoms with E-state index in [0.29, 0.717) is 0 Å². The van der Waals surface area contributed by atoms with Crippen LogP contribution in [0, 0.1) is 5.92 Å². The zero-order chi connectivity index (χ0) is 10.0. The molecule has 0 amide bonds. The highest BCUT2D eigenvalue weighted by molar-refractivity contribution is 4.87. The Balaban J connectivity index is 2.65. The highest BCUT2D eigenvalue weighted by atomic mass is 16.7. The summed E-state index contributed by atoms with van der Waals surface area (Å²) in [5, 5.41) is 9.41. The molecule has 0 radical (unpaired) electrons. The first-order valence-electron chi connectivity index (χ1n) is 4.51. The van der Waals surface area contributed by atoms with Crippen molar-refractivity contribution in [3.8, 4) is 0 Å². The molecule has 0 aromatic carbocycles. The van der Waals surface area contributed by atoms with Gasteiger partial charge in [0, 0.05) is 20.1 Å². The first kappa shape index (κ1) is 10.9. The van der Waals surface area contributed by atoms with E-state index >= 15 is 0 Å². The molecular weight excluding hydrogens is 172 g/mol. The van der Waals surface area contributed by atoms with Crippen molar-refractivity contribution in [1.82, 2.24) is 0 Å². The molecule has 0 aliphatic carbocycles. The first-order chi connectivity index (χ1) is 6.11. The van der Waals surface area contributed by atoms with Crippen LogP contribution in [0.25, 0.3) is 0 Å². The molecular formula is C9H18O4. The van der Waals surface area contributed by atoms with Gasteiger partial charge in [-0.15, -0.1) is 0 Å². The molecule has 0 unspecified atom stereocenters. The van der Waals surface area contributed by atoms with Crippen molar-refractivity contribution in [2.75, 3.05) is 14.2 Å². The molecule has 1 aliphatic heterocycles. The molecule has 5 atom stereocenters. The van der Waals surface area contributed by atoms with E-state index in [1.807, 2.05) is 6.92 Å². The molecule has 0 bridgehead atoms. The Morgan fingerprint density at radius 2 is 1.92 bits per heavy atom. The molecule has 0 saturated carbocycles. The van der Waals surface area contributed by atoms with Crippen LogP contribution in [0.4, 0.5) is 0 Å². The predicted octanol–water partition coefficient (Wildman–Crippen LogP) is 0.390. The molecule has 1 N–H and O–H groups in total. The first-order valence-corrected chi connectivity index (χ1v) is 4.51. The number of hydrogen-bond donors (Lipinski definition) is 1. The van der Waals surface area contributed by atoms with Gasteiger partial charge in [0.2, 0.25) is 0 Å². The minimum atomic E-state index is -0.493. The van der Waals surface area contributed by atoms with Gasteiger partial charge in [-0.05, 0) is 6.92 Å². The van der Waals surface area contributed by atoms with Crippen molar-refractivity contribution in [2.45, 2.75) is 38.4 Å². The molecule has 1 rings (SSSR count). The lowest BCUT2D eigenvalue weighted by Gasteiger charge is -2.19. The summed E-state index contributed by atoms with van der Waals surface area (Å²) in [6.45, 7) is 3.70. The summed E-state index contributed by atoms with van der Waals surface area (Å²) >= 11 is 0. The maximum Gasteiger partial charge on any atom is 0.184 e. The summed E-state index contributed by atoms with van der Waals surface area (Å²) in [6, 6.07) is 0. The normalized spacial score (nSPS) is 42.2. The number of ether oxygens (including phenoxy) is 3. The van der Waals surface area contributed by atoms with E-state index in [4.69, 9.17) is 14.2 Å². The molecule has 0 aromatic rings. The van der Waals surface area contributed by atoms with E-state index in [2.05, 4.69) is 0 Å². The minimum absolute atomic E-state index is 0.0930. The third kappa shape index (κ3) is 2.02. The summed E-state index contributed by atoms with van der Waals surface area (Å²) in [4.78, 5) is 0. The zero-order valence-corrected chi connectivity index (χ0v) is 8.56. The molecule has 1 heterocycles. The second kappa shape index (κ2) is 4.37. The third-order valence-corrected chi connectivity index (χ3v) is 2.58. The van der Waals surface area contributed by atoms with Crippen LogP contribution in [0.1, 0.15) is 13.8 Å². The summed E-state index contributed by atoms with van der Waals surface area (Å²) in [7, 11) is 3.20. The van der Waals surface area contributed by atoms with Crippen LogP contribution in [0.15, 0.2) is 0 Å². The molecule has 1 fully saturated rings. The Bertz CT molecular complexity index is 158. The minimum Gasteiger partial charge on any atom is -0.391 e. The van der Waals surface area contributed by atoms with Gasteiger partial charge >= 0.3 is 0 Å². The SMILES string of the molecule is CO[C@@H]1O[C@@H]([C@@H](C)O)[C@H](C)[C@H]1OC. The van der Waals surface area contributed by atoms with E-state index in [1.165, 1.54) is 0 Å². The van der Waals surface area contributed by atoms with Gasteiger partial charge in [-0.3, -0.25) is 0 Å². The number of hydrogen-bond acceptors (Lipinski definition) is 4. The van der Waals surface area contributed by atoms with Crippen molar-refractivity contribution in [3.05, 3.63) is 0 Å². The molecule has 78 valence electrons. The standard InChI is InChI=1S/C9H18O4/c1-5-7(6(2)10)13-9(12-4)8(5)11-3/h5-10H,1-4H3/t5-,6+,7+,8+,9+/m0/s1. The predicted molar refractivity (Wildman–Crippen MR) is 47.3 cm³/mol. The Morgan fingerprint density at radius 3 is 2.23 bits per heavy atom. The van der Waals surface area contributed by atoms with Gasteiger partial charge in [0.25, 0.3) is 0 Å². The van der Waals surface area contributed by atoms with E-state index in [1.54, 1.807) is 21.1 Å². The molecule has 0 aromatic heterocycles. The number of methoxy groups -OCH3 is 2. The second-order valence-corrected chi connectivity index (χ2v) is 3.50. The lowest BCUT2D eigenvalue weighted by atomic mass is 9.97.